The summed E-state index contributed by atoms with van der Waals surface area (Å²) in [5.41, 5.74) is 1.64. The predicted molar refractivity (Wildman–Crippen MR) is 122 cm³/mol. The molecule has 1 unspecified atom stereocenters. The molecule has 4 aromatic rings. The zero-order valence-electron chi connectivity index (χ0n) is 15.6. The number of fused-ring (bicyclic) bond motifs is 3. The normalized spacial score (nSPS) is 17.9. The Morgan fingerprint density at radius 1 is 1.20 bits per heavy atom. The number of nitrogens with one attached hydrogen (secondary N) is 1. The van der Waals surface area contributed by atoms with Gasteiger partial charge in [-0.1, -0.05) is 22.9 Å². The van der Waals surface area contributed by atoms with Gasteiger partial charge in [-0.15, -0.1) is 22.7 Å². The predicted octanol–water partition coefficient (Wildman–Crippen LogP) is 4.72. The summed E-state index contributed by atoms with van der Waals surface area (Å²) in [5, 5.41) is 4.23. The number of halogens is 1. The molecule has 1 N–H and O–H groups in total. The van der Waals surface area contributed by atoms with E-state index >= 15 is 0 Å². The molecule has 1 saturated heterocycles. The number of nitrogens with zero attached hydrogens (tertiary/aromatic N) is 3. The fraction of sp³-hybridized carbons (Fsp3) is 0.278. The molecular weight excluding hydrogens is 484 g/mol. The topological polar surface area (TPSA) is 92.3 Å². The van der Waals surface area contributed by atoms with Gasteiger partial charge in [0.15, 0.2) is 5.13 Å². The fourth-order valence-corrected chi connectivity index (χ4v) is 8.70. The highest BCUT2D eigenvalue weighted by atomic mass is 35.5. The molecule has 0 bridgehead atoms. The van der Waals surface area contributed by atoms with Crippen molar-refractivity contribution in [2.45, 2.75) is 30.0 Å². The lowest BCUT2D eigenvalue weighted by molar-refractivity contribution is -0.119. The van der Waals surface area contributed by atoms with Gasteiger partial charge in [-0.25, -0.2) is 18.4 Å². The first-order chi connectivity index (χ1) is 14.3. The molecular formula is C18H15ClN4O3S4. The van der Waals surface area contributed by atoms with E-state index in [-0.39, 0.29) is 10.1 Å². The van der Waals surface area contributed by atoms with E-state index in [1.807, 2.05) is 19.1 Å². The van der Waals surface area contributed by atoms with Crippen LogP contribution in [0.25, 0.3) is 20.4 Å². The number of rotatable bonds is 4. The number of anilines is 1. The molecule has 12 heteroatoms. The first-order valence-corrected chi connectivity index (χ1v) is 13.3. The molecule has 4 heterocycles. The molecule has 30 heavy (non-hydrogen) atoms. The Balaban J connectivity index is 1.42. The van der Waals surface area contributed by atoms with Crippen LogP contribution in [0, 0.1) is 6.92 Å². The highest BCUT2D eigenvalue weighted by molar-refractivity contribution is 7.91. The molecule has 0 aliphatic carbocycles. The summed E-state index contributed by atoms with van der Waals surface area (Å²) in [4.78, 5) is 22.0. The van der Waals surface area contributed by atoms with Crippen molar-refractivity contribution in [2.75, 3.05) is 11.9 Å². The van der Waals surface area contributed by atoms with E-state index < -0.39 is 16.1 Å². The van der Waals surface area contributed by atoms with E-state index in [0.29, 0.717) is 28.9 Å². The molecule has 1 aliphatic rings. The zero-order chi connectivity index (χ0) is 21.0. The second kappa shape index (κ2) is 7.50. The molecule has 5 rings (SSSR count). The van der Waals surface area contributed by atoms with Crippen molar-refractivity contribution in [2.24, 2.45) is 0 Å². The number of aryl methyl sites for hydroxylation is 1. The molecule has 1 atom stereocenters. The highest BCUT2D eigenvalue weighted by Crippen LogP contribution is 2.36. The number of aromatic nitrogens is 2. The third-order valence-electron chi connectivity index (χ3n) is 4.87. The third-order valence-corrected chi connectivity index (χ3v) is 10.4. The Morgan fingerprint density at radius 2 is 2.03 bits per heavy atom. The Bertz CT molecular complexity index is 1390. The lowest BCUT2D eigenvalue weighted by Gasteiger charge is -2.22. The average Bonchev–Trinajstić information content (AvgIpc) is 3.45. The standard InChI is InChI=1S/C18H15ClN4O3S4/c1-9-20-15-12(27-9)5-4-10-16(15)29-18(21-10)22-17(24)11-3-2-8-23(11)30(25,26)14-7-6-13(19)28-14/h4-7,11H,2-3,8H2,1H3,(H,21,22,24). The van der Waals surface area contributed by atoms with Gasteiger partial charge < -0.3 is 5.32 Å². The van der Waals surface area contributed by atoms with Gasteiger partial charge in [0.1, 0.15) is 15.8 Å². The van der Waals surface area contributed by atoms with Crippen LogP contribution in [0.5, 0.6) is 0 Å². The summed E-state index contributed by atoms with van der Waals surface area (Å²) in [6, 6.07) is 6.14. The summed E-state index contributed by atoms with van der Waals surface area (Å²) in [7, 11) is -3.77. The summed E-state index contributed by atoms with van der Waals surface area (Å²) < 4.78 is 29.8. The van der Waals surface area contributed by atoms with E-state index in [4.69, 9.17) is 11.6 Å². The van der Waals surface area contributed by atoms with E-state index in [1.165, 1.54) is 21.7 Å². The van der Waals surface area contributed by atoms with Gasteiger partial charge in [0.25, 0.3) is 10.0 Å². The summed E-state index contributed by atoms with van der Waals surface area (Å²) >= 11 is 9.86. The number of sulfonamides is 1. The molecule has 0 spiro atoms. The smallest absolute Gasteiger partial charge is 0.253 e. The van der Waals surface area contributed by atoms with Gasteiger partial charge >= 0.3 is 0 Å². The molecule has 1 fully saturated rings. The molecule has 7 nitrogen and oxygen atoms in total. The first-order valence-electron chi connectivity index (χ1n) is 9.08. The lowest BCUT2D eigenvalue weighted by atomic mass is 10.2. The van der Waals surface area contributed by atoms with Crippen LogP contribution < -0.4 is 5.32 Å². The van der Waals surface area contributed by atoms with Crippen LogP contribution in [0.2, 0.25) is 4.34 Å². The van der Waals surface area contributed by atoms with Crippen molar-refractivity contribution in [1.29, 1.82) is 0 Å². The van der Waals surface area contributed by atoms with E-state index in [2.05, 4.69) is 15.3 Å². The fourth-order valence-electron chi connectivity index (χ4n) is 3.57. The lowest BCUT2D eigenvalue weighted by Crippen LogP contribution is -2.42. The number of amides is 1. The SMILES string of the molecule is Cc1nc2c(ccc3nc(NC(=O)C4CCCN4S(=O)(=O)c4ccc(Cl)s4)sc32)s1. The maximum atomic E-state index is 13.0. The van der Waals surface area contributed by atoms with Crippen molar-refractivity contribution < 1.29 is 13.2 Å². The van der Waals surface area contributed by atoms with Gasteiger partial charge in [-0.2, -0.15) is 4.31 Å². The summed E-state index contributed by atoms with van der Waals surface area (Å²) in [6.07, 6.45) is 1.08. The van der Waals surface area contributed by atoms with Crippen molar-refractivity contribution in [3.63, 3.8) is 0 Å². The molecule has 0 radical (unpaired) electrons. The maximum absolute atomic E-state index is 13.0. The second-order valence-corrected chi connectivity index (χ2v) is 12.9. The van der Waals surface area contributed by atoms with Crippen molar-refractivity contribution in [3.05, 3.63) is 33.6 Å². The molecule has 3 aromatic heterocycles. The minimum absolute atomic E-state index is 0.147. The van der Waals surface area contributed by atoms with Crippen LogP contribution >= 0.6 is 45.6 Å². The monoisotopic (exact) mass is 498 g/mol. The van der Waals surface area contributed by atoms with Crippen LogP contribution in [0.4, 0.5) is 5.13 Å². The van der Waals surface area contributed by atoms with Gasteiger partial charge in [0, 0.05) is 6.54 Å². The minimum atomic E-state index is -3.77. The van der Waals surface area contributed by atoms with Crippen LogP contribution in [0.1, 0.15) is 17.8 Å². The van der Waals surface area contributed by atoms with Gasteiger partial charge in [0.2, 0.25) is 5.91 Å². The van der Waals surface area contributed by atoms with E-state index in [0.717, 1.165) is 36.8 Å². The van der Waals surface area contributed by atoms with Crippen LogP contribution in [0.15, 0.2) is 28.5 Å². The van der Waals surface area contributed by atoms with Gasteiger partial charge in [0.05, 0.1) is 24.3 Å². The number of hydrogen-bond donors (Lipinski definition) is 1. The highest BCUT2D eigenvalue weighted by Gasteiger charge is 2.40. The van der Waals surface area contributed by atoms with Crippen molar-refractivity contribution in [3.8, 4) is 0 Å². The summed E-state index contributed by atoms with van der Waals surface area (Å²) in [6.45, 7) is 2.25. The second-order valence-electron chi connectivity index (χ2n) is 6.83. The van der Waals surface area contributed by atoms with E-state index in [9.17, 15) is 13.2 Å². The Kier molecular flexibility index (Phi) is 5.07. The number of benzene rings is 1. The average molecular weight is 499 g/mol. The maximum Gasteiger partial charge on any atom is 0.253 e. The Hall–Kier alpha value is -1.63. The Morgan fingerprint density at radius 3 is 2.80 bits per heavy atom. The number of carbonyl (C=O) groups is 1. The number of thiazole rings is 2. The van der Waals surface area contributed by atoms with Crippen molar-refractivity contribution in [1.82, 2.24) is 14.3 Å². The van der Waals surface area contributed by atoms with Crippen LogP contribution in [-0.4, -0.2) is 41.2 Å². The molecule has 156 valence electrons. The molecule has 0 saturated carbocycles. The molecule has 1 amide bonds. The van der Waals surface area contributed by atoms with Crippen molar-refractivity contribution >= 4 is 87.1 Å². The largest absolute Gasteiger partial charge is 0.301 e. The van der Waals surface area contributed by atoms with E-state index in [1.54, 1.807) is 17.4 Å². The number of thiophene rings is 1. The zero-order valence-corrected chi connectivity index (χ0v) is 19.6. The van der Waals surface area contributed by atoms with Gasteiger partial charge in [-0.05, 0) is 44.0 Å². The number of hydrogen-bond acceptors (Lipinski definition) is 8. The summed E-state index contributed by atoms with van der Waals surface area (Å²) in [5.74, 6) is -0.372. The van der Waals surface area contributed by atoms with Crippen LogP contribution in [-0.2, 0) is 14.8 Å². The first kappa shape index (κ1) is 20.3. The van der Waals surface area contributed by atoms with Gasteiger partial charge in [-0.3, -0.25) is 4.79 Å². The van der Waals surface area contributed by atoms with Crippen LogP contribution in [0.3, 0.4) is 0 Å². The Labute approximate surface area is 189 Å². The quantitative estimate of drug-likeness (QED) is 0.439. The third kappa shape index (κ3) is 3.43. The minimum Gasteiger partial charge on any atom is -0.301 e. The molecule has 1 aromatic carbocycles. The molecule has 1 aliphatic heterocycles. The number of carbonyl (C=O) groups excluding carboxylic acids is 1.